The zero-order chi connectivity index (χ0) is 15.0. The molecule has 1 nitrogen and oxygen atoms in total. The highest BCUT2D eigenvalue weighted by Crippen LogP contribution is 2.32. The van der Waals surface area contributed by atoms with E-state index in [2.05, 4.69) is 15.9 Å². The van der Waals surface area contributed by atoms with E-state index in [0.717, 1.165) is 27.8 Å². The maximum absolute atomic E-state index is 13.9. The van der Waals surface area contributed by atoms with E-state index >= 15 is 0 Å². The summed E-state index contributed by atoms with van der Waals surface area (Å²) in [6.45, 7) is 0. The van der Waals surface area contributed by atoms with Gasteiger partial charge in [-0.3, -0.25) is 0 Å². The van der Waals surface area contributed by atoms with Crippen molar-refractivity contribution in [1.82, 2.24) is 0 Å². The summed E-state index contributed by atoms with van der Waals surface area (Å²) in [4.78, 5) is 0. The highest BCUT2D eigenvalue weighted by atomic mass is 79.9. The Bertz CT molecular complexity index is 777. The first kappa shape index (κ1) is 14.6. The molecular weight excluding hydrogens is 358 g/mol. The molecule has 2 aromatic carbocycles. The van der Waals surface area contributed by atoms with E-state index in [1.165, 1.54) is 0 Å². The predicted octanol–water partition coefficient (Wildman–Crippen LogP) is 5.22. The molecule has 108 valence electrons. The van der Waals surface area contributed by atoms with Crippen molar-refractivity contribution in [1.29, 1.82) is 0 Å². The van der Waals surface area contributed by atoms with Gasteiger partial charge in [0, 0.05) is 15.6 Å². The molecule has 0 saturated heterocycles. The Morgan fingerprint density at radius 1 is 1.14 bits per heavy atom. The van der Waals surface area contributed by atoms with Gasteiger partial charge in [0.25, 0.3) is 0 Å². The third kappa shape index (κ3) is 2.86. The predicted molar refractivity (Wildman–Crippen MR) is 84.5 cm³/mol. The number of aliphatic hydroxyl groups excluding tert-OH is 1. The van der Waals surface area contributed by atoms with E-state index in [1.54, 1.807) is 11.3 Å². The lowest BCUT2D eigenvalue weighted by Crippen LogP contribution is -2.07. The zero-order valence-corrected chi connectivity index (χ0v) is 13.2. The van der Waals surface area contributed by atoms with Gasteiger partial charge in [-0.1, -0.05) is 34.1 Å². The molecule has 0 aliphatic rings. The Morgan fingerprint density at radius 2 is 1.81 bits per heavy atom. The van der Waals surface area contributed by atoms with Crippen LogP contribution in [0.15, 0.2) is 46.3 Å². The Balaban J connectivity index is 1.95. The summed E-state index contributed by atoms with van der Waals surface area (Å²) >= 11 is 4.59. The topological polar surface area (TPSA) is 20.2 Å². The van der Waals surface area contributed by atoms with Gasteiger partial charge in [-0.25, -0.2) is 8.78 Å². The third-order valence-electron chi connectivity index (χ3n) is 3.35. The molecule has 1 N–H and O–H groups in total. The molecule has 0 spiro atoms. The molecule has 1 heterocycles. The van der Waals surface area contributed by atoms with Gasteiger partial charge in [0.05, 0.1) is 11.7 Å². The fourth-order valence-corrected chi connectivity index (χ4v) is 3.75. The van der Waals surface area contributed by atoms with Gasteiger partial charge in [-0.15, -0.1) is 11.3 Å². The summed E-state index contributed by atoms with van der Waals surface area (Å²) in [6.07, 6.45) is -1.03. The quantitative estimate of drug-likeness (QED) is 0.671. The molecule has 0 aliphatic heterocycles. The molecular formula is C16H11BrF2OS. The van der Waals surface area contributed by atoms with Crippen LogP contribution >= 0.6 is 27.3 Å². The van der Waals surface area contributed by atoms with Gasteiger partial charge in [0.1, 0.15) is 11.6 Å². The van der Waals surface area contributed by atoms with Crippen LogP contribution in [-0.4, -0.2) is 5.11 Å². The minimum absolute atomic E-state index is 0.180. The van der Waals surface area contributed by atoms with Crippen molar-refractivity contribution >= 4 is 37.4 Å². The van der Waals surface area contributed by atoms with Gasteiger partial charge >= 0.3 is 0 Å². The number of thiophene rings is 1. The number of halogens is 3. The van der Waals surface area contributed by atoms with Crippen LogP contribution < -0.4 is 0 Å². The molecule has 0 bridgehead atoms. The van der Waals surface area contributed by atoms with Gasteiger partial charge in [0.2, 0.25) is 0 Å². The molecule has 1 atom stereocenters. The molecule has 0 saturated carbocycles. The molecule has 0 radical (unpaired) electrons. The molecule has 1 aromatic heterocycles. The van der Waals surface area contributed by atoms with Gasteiger partial charge in [-0.05, 0) is 34.5 Å². The monoisotopic (exact) mass is 368 g/mol. The van der Waals surface area contributed by atoms with Crippen LogP contribution in [0, 0.1) is 11.6 Å². The zero-order valence-electron chi connectivity index (χ0n) is 10.8. The summed E-state index contributed by atoms with van der Waals surface area (Å²) in [7, 11) is 0. The lowest BCUT2D eigenvalue weighted by molar-refractivity contribution is 0.169. The molecule has 3 aromatic rings. The number of hydrogen-bond donors (Lipinski definition) is 1. The van der Waals surface area contributed by atoms with E-state index in [1.807, 2.05) is 29.6 Å². The second kappa shape index (κ2) is 5.83. The highest BCUT2D eigenvalue weighted by molar-refractivity contribution is 9.10. The number of benzene rings is 2. The van der Waals surface area contributed by atoms with E-state index in [0.29, 0.717) is 4.47 Å². The van der Waals surface area contributed by atoms with Gasteiger partial charge in [-0.2, -0.15) is 0 Å². The smallest absolute Gasteiger partial charge is 0.133 e. The lowest BCUT2D eigenvalue weighted by atomic mass is 10.00. The van der Waals surface area contributed by atoms with Crippen molar-refractivity contribution in [2.24, 2.45) is 0 Å². The van der Waals surface area contributed by atoms with Crippen molar-refractivity contribution in [3.05, 3.63) is 69.0 Å². The van der Waals surface area contributed by atoms with Crippen molar-refractivity contribution in [2.75, 3.05) is 0 Å². The number of rotatable bonds is 3. The molecule has 0 aliphatic carbocycles. The first-order valence-corrected chi connectivity index (χ1v) is 8.01. The Morgan fingerprint density at radius 3 is 2.52 bits per heavy atom. The molecule has 0 amide bonds. The lowest BCUT2D eigenvalue weighted by Gasteiger charge is -2.13. The average molecular weight is 369 g/mol. The van der Waals surface area contributed by atoms with Crippen LogP contribution in [0.4, 0.5) is 8.78 Å². The van der Waals surface area contributed by atoms with Crippen LogP contribution in [0.3, 0.4) is 0 Å². The summed E-state index contributed by atoms with van der Waals surface area (Å²) in [5.41, 5.74) is 0.610. The summed E-state index contributed by atoms with van der Waals surface area (Å²) in [5.74, 6) is -1.48. The molecule has 1 unspecified atom stereocenters. The van der Waals surface area contributed by atoms with Crippen LogP contribution in [0.2, 0.25) is 0 Å². The number of aliphatic hydroxyl groups is 1. The normalized spacial score (nSPS) is 12.8. The fourth-order valence-electron chi connectivity index (χ4n) is 2.37. The second-order valence-corrected chi connectivity index (χ2v) is 6.59. The minimum Gasteiger partial charge on any atom is -0.388 e. The standard InChI is InChI=1S/C16H11BrF2OS/c17-10-6-12(18)16(13(19)7-10)14(20)5-9-8-21-15-4-2-1-3-11(9)15/h1-4,6-8,14,20H,5H2. The van der Waals surface area contributed by atoms with Crippen molar-refractivity contribution in [3.63, 3.8) is 0 Å². The van der Waals surface area contributed by atoms with Gasteiger partial charge in [0.15, 0.2) is 0 Å². The summed E-state index contributed by atoms with van der Waals surface area (Å²) < 4.78 is 29.2. The maximum Gasteiger partial charge on any atom is 0.133 e. The molecule has 21 heavy (non-hydrogen) atoms. The van der Waals surface area contributed by atoms with Crippen LogP contribution in [0.5, 0.6) is 0 Å². The van der Waals surface area contributed by atoms with E-state index in [4.69, 9.17) is 0 Å². The van der Waals surface area contributed by atoms with Crippen LogP contribution in [0.25, 0.3) is 10.1 Å². The van der Waals surface area contributed by atoms with Crippen molar-refractivity contribution in [3.8, 4) is 0 Å². The number of fused-ring (bicyclic) bond motifs is 1. The molecule has 5 heteroatoms. The average Bonchev–Trinajstić information content (AvgIpc) is 2.81. The number of hydrogen-bond acceptors (Lipinski definition) is 2. The first-order chi connectivity index (χ1) is 10.1. The molecule has 3 rings (SSSR count). The van der Waals surface area contributed by atoms with E-state index in [-0.39, 0.29) is 12.0 Å². The van der Waals surface area contributed by atoms with Crippen LogP contribution in [0.1, 0.15) is 17.2 Å². The first-order valence-electron chi connectivity index (χ1n) is 6.34. The SMILES string of the molecule is OC(Cc1csc2ccccc12)c1c(F)cc(Br)cc1F. The second-order valence-electron chi connectivity index (χ2n) is 4.76. The summed E-state index contributed by atoms with van der Waals surface area (Å²) in [5, 5.41) is 13.1. The third-order valence-corrected chi connectivity index (χ3v) is 4.82. The van der Waals surface area contributed by atoms with Crippen molar-refractivity contribution in [2.45, 2.75) is 12.5 Å². The fraction of sp³-hybridized carbons (Fsp3) is 0.125. The van der Waals surface area contributed by atoms with Crippen molar-refractivity contribution < 1.29 is 13.9 Å². The Kier molecular flexibility index (Phi) is 4.06. The largest absolute Gasteiger partial charge is 0.388 e. The van der Waals surface area contributed by atoms with E-state index < -0.39 is 17.7 Å². The van der Waals surface area contributed by atoms with Crippen LogP contribution in [-0.2, 0) is 6.42 Å². The Labute approximate surface area is 133 Å². The highest BCUT2D eigenvalue weighted by Gasteiger charge is 2.20. The minimum atomic E-state index is -1.21. The van der Waals surface area contributed by atoms with Gasteiger partial charge < -0.3 is 5.11 Å². The Hall–Kier alpha value is -1.30. The summed E-state index contributed by atoms with van der Waals surface area (Å²) in [6, 6.07) is 10.1. The maximum atomic E-state index is 13.9. The molecule has 0 fully saturated rings. The van der Waals surface area contributed by atoms with E-state index in [9.17, 15) is 13.9 Å².